The van der Waals surface area contributed by atoms with E-state index in [1.807, 2.05) is 6.07 Å². The zero-order valence-electron chi connectivity index (χ0n) is 13.9. The first-order chi connectivity index (χ1) is 11.5. The van der Waals surface area contributed by atoms with Crippen LogP contribution in [0.1, 0.15) is 36.5 Å². The highest BCUT2D eigenvalue weighted by Gasteiger charge is 2.42. The first-order valence-corrected chi connectivity index (χ1v) is 8.35. The van der Waals surface area contributed by atoms with Gasteiger partial charge in [0.2, 0.25) is 0 Å². The van der Waals surface area contributed by atoms with Gasteiger partial charge in [-0.3, -0.25) is 9.59 Å². The third kappa shape index (κ3) is 3.53. The van der Waals surface area contributed by atoms with E-state index in [2.05, 4.69) is 0 Å². The molecule has 0 bridgehead atoms. The molecule has 6 nitrogen and oxygen atoms in total. The van der Waals surface area contributed by atoms with E-state index in [-0.39, 0.29) is 18.6 Å². The van der Waals surface area contributed by atoms with Crippen LogP contribution in [-0.2, 0) is 9.53 Å². The summed E-state index contributed by atoms with van der Waals surface area (Å²) >= 11 is 0. The molecule has 1 amide bonds. The molecule has 0 saturated carbocycles. The number of benzene rings is 1. The van der Waals surface area contributed by atoms with Crippen molar-refractivity contribution in [3.05, 3.63) is 29.8 Å². The predicted molar refractivity (Wildman–Crippen MR) is 87.2 cm³/mol. The third-order valence-electron chi connectivity index (χ3n) is 4.82. The average molecular weight is 333 g/mol. The fourth-order valence-electron chi connectivity index (χ4n) is 3.18. The molecule has 2 aliphatic rings. The maximum atomic E-state index is 12.6. The molecule has 1 aromatic rings. The molecule has 6 heteroatoms. The van der Waals surface area contributed by atoms with Gasteiger partial charge in [0.15, 0.2) is 0 Å². The van der Waals surface area contributed by atoms with Crippen LogP contribution in [0, 0.1) is 5.41 Å². The second kappa shape index (κ2) is 6.81. The van der Waals surface area contributed by atoms with Gasteiger partial charge in [0.25, 0.3) is 5.91 Å². The van der Waals surface area contributed by atoms with Crippen molar-refractivity contribution in [2.45, 2.75) is 32.3 Å². The number of amides is 1. The van der Waals surface area contributed by atoms with Crippen LogP contribution in [0.15, 0.2) is 24.3 Å². The number of likely N-dealkylation sites (tertiary alicyclic amines) is 1. The predicted octanol–water partition coefficient (Wildman–Crippen LogP) is 2.18. The Morgan fingerprint density at radius 2 is 2.29 bits per heavy atom. The van der Waals surface area contributed by atoms with Gasteiger partial charge in [-0.25, -0.2) is 0 Å². The lowest BCUT2D eigenvalue weighted by molar-refractivity contribution is -0.147. The third-order valence-corrected chi connectivity index (χ3v) is 4.82. The largest absolute Gasteiger partial charge is 0.491 e. The van der Waals surface area contributed by atoms with Crippen LogP contribution in [-0.4, -0.2) is 54.3 Å². The number of carboxylic acids is 1. The molecule has 1 N–H and O–H groups in total. The first-order valence-electron chi connectivity index (χ1n) is 8.35. The van der Waals surface area contributed by atoms with E-state index in [0.717, 1.165) is 19.4 Å². The normalized spacial score (nSPS) is 26.5. The Bertz CT molecular complexity index is 626. The van der Waals surface area contributed by atoms with E-state index < -0.39 is 11.4 Å². The molecule has 2 fully saturated rings. The number of hydrogen-bond acceptors (Lipinski definition) is 4. The van der Waals surface area contributed by atoms with Gasteiger partial charge in [-0.1, -0.05) is 6.07 Å². The van der Waals surface area contributed by atoms with Crippen molar-refractivity contribution < 1.29 is 24.2 Å². The zero-order valence-corrected chi connectivity index (χ0v) is 13.9. The Hall–Kier alpha value is -2.08. The first kappa shape index (κ1) is 16.8. The van der Waals surface area contributed by atoms with Gasteiger partial charge < -0.3 is 19.5 Å². The highest BCUT2D eigenvalue weighted by molar-refractivity contribution is 5.95. The van der Waals surface area contributed by atoms with Gasteiger partial charge >= 0.3 is 5.97 Å². The average Bonchev–Trinajstić information content (AvgIpc) is 3.23. The van der Waals surface area contributed by atoms with Gasteiger partial charge in [-0.2, -0.15) is 0 Å². The number of nitrogens with zero attached hydrogens (tertiary/aromatic N) is 1. The summed E-state index contributed by atoms with van der Waals surface area (Å²) in [6, 6.07) is 7.05. The number of carbonyl (C=O) groups is 2. The maximum Gasteiger partial charge on any atom is 0.311 e. The van der Waals surface area contributed by atoms with E-state index in [9.17, 15) is 14.7 Å². The molecule has 2 atom stereocenters. The second-order valence-corrected chi connectivity index (χ2v) is 6.82. The van der Waals surface area contributed by atoms with Crippen molar-refractivity contribution in [3.63, 3.8) is 0 Å². The molecule has 2 heterocycles. The van der Waals surface area contributed by atoms with Crippen LogP contribution < -0.4 is 4.74 Å². The second-order valence-electron chi connectivity index (χ2n) is 6.82. The molecule has 0 radical (unpaired) electrons. The summed E-state index contributed by atoms with van der Waals surface area (Å²) in [4.78, 5) is 25.6. The summed E-state index contributed by atoms with van der Waals surface area (Å²) in [7, 11) is 0. The van der Waals surface area contributed by atoms with Crippen molar-refractivity contribution in [2.75, 3.05) is 26.3 Å². The highest BCUT2D eigenvalue weighted by atomic mass is 16.5. The minimum atomic E-state index is -0.858. The minimum absolute atomic E-state index is 0.124. The van der Waals surface area contributed by atoms with Crippen LogP contribution >= 0.6 is 0 Å². The van der Waals surface area contributed by atoms with E-state index in [1.165, 1.54) is 0 Å². The summed E-state index contributed by atoms with van der Waals surface area (Å²) in [5, 5.41) is 9.29. The van der Waals surface area contributed by atoms with E-state index in [4.69, 9.17) is 9.47 Å². The topological polar surface area (TPSA) is 76.1 Å². The summed E-state index contributed by atoms with van der Waals surface area (Å²) in [6.07, 6.45) is 2.66. The monoisotopic (exact) mass is 333 g/mol. The smallest absolute Gasteiger partial charge is 0.311 e. The number of rotatable bonds is 5. The summed E-state index contributed by atoms with van der Waals surface area (Å²) < 4.78 is 11.3. The van der Waals surface area contributed by atoms with Crippen LogP contribution in [0.2, 0.25) is 0 Å². The lowest BCUT2D eigenvalue weighted by atomic mass is 9.90. The quantitative estimate of drug-likeness (QED) is 0.894. The molecule has 1 aromatic carbocycles. The molecule has 0 spiro atoms. The standard InChI is InChI=1S/C18H23NO5/c1-18(17(21)22)7-8-19(12-18)16(20)13-4-2-5-14(10-13)24-11-15-6-3-9-23-15/h2,4-5,10,15H,3,6-9,11-12H2,1H3,(H,21,22)/t15-,18-/m1/s1. The van der Waals surface area contributed by atoms with Gasteiger partial charge in [0, 0.05) is 25.3 Å². The molecule has 2 saturated heterocycles. The van der Waals surface area contributed by atoms with Crippen molar-refractivity contribution in [1.29, 1.82) is 0 Å². The molecular weight excluding hydrogens is 310 g/mol. The lowest BCUT2D eigenvalue weighted by Crippen LogP contribution is -2.34. The summed E-state index contributed by atoms with van der Waals surface area (Å²) in [5.74, 6) is -0.370. The van der Waals surface area contributed by atoms with Crippen LogP contribution in [0.4, 0.5) is 0 Å². The highest BCUT2D eigenvalue weighted by Crippen LogP contribution is 2.31. The van der Waals surface area contributed by atoms with Crippen LogP contribution in [0.3, 0.4) is 0 Å². The van der Waals surface area contributed by atoms with Crippen molar-refractivity contribution in [1.82, 2.24) is 4.90 Å². The van der Waals surface area contributed by atoms with Crippen LogP contribution in [0.5, 0.6) is 5.75 Å². The zero-order chi connectivity index (χ0) is 17.2. The summed E-state index contributed by atoms with van der Waals surface area (Å²) in [5.41, 5.74) is -0.335. The molecule has 2 aliphatic heterocycles. The van der Waals surface area contributed by atoms with E-state index in [1.54, 1.807) is 30.0 Å². The van der Waals surface area contributed by atoms with E-state index >= 15 is 0 Å². The van der Waals surface area contributed by atoms with Gasteiger partial charge in [-0.05, 0) is 44.4 Å². The fourth-order valence-corrected chi connectivity index (χ4v) is 3.18. The molecule has 24 heavy (non-hydrogen) atoms. The molecule has 130 valence electrons. The minimum Gasteiger partial charge on any atom is -0.491 e. The SMILES string of the molecule is C[C@@]1(C(=O)O)CCN(C(=O)c2cccc(OC[C@H]3CCCO3)c2)C1. The molecule has 0 aromatic heterocycles. The Labute approximate surface area is 141 Å². The Morgan fingerprint density at radius 3 is 2.96 bits per heavy atom. The number of aliphatic carboxylic acids is 1. The van der Waals surface area contributed by atoms with Crippen molar-refractivity contribution in [3.8, 4) is 5.75 Å². The molecule has 3 rings (SSSR count). The Morgan fingerprint density at radius 1 is 1.46 bits per heavy atom. The molecule has 0 unspecified atom stereocenters. The maximum absolute atomic E-state index is 12.6. The van der Waals surface area contributed by atoms with E-state index in [0.29, 0.717) is 30.9 Å². The number of carboxylic acid groups (broad SMARTS) is 1. The molecule has 0 aliphatic carbocycles. The fraction of sp³-hybridized carbons (Fsp3) is 0.556. The lowest BCUT2D eigenvalue weighted by Gasteiger charge is -2.20. The van der Waals surface area contributed by atoms with Crippen LogP contribution in [0.25, 0.3) is 0 Å². The Balaban J connectivity index is 1.63. The van der Waals surface area contributed by atoms with Gasteiger partial charge in [-0.15, -0.1) is 0 Å². The number of ether oxygens (including phenoxy) is 2. The van der Waals surface area contributed by atoms with Gasteiger partial charge in [0.1, 0.15) is 12.4 Å². The number of carbonyl (C=O) groups excluding carboxylic acids is 1. The number of hydrogen-bond donors (Lipinski definition) is 1. The van der Waals surface area contributed by atoms with Crippen molar-refractivity contribution >= 4 is 11.9 Å². The summed E-state index contributed by atoms with van der Waals surface area (Å²) in [6.45, 7) is 3.65. The van der Waals surface area contributed by atoms with Crippen molar-refractivity contribution in [2.24, 2.45) is 5.41 Å². The Kier molecular flexibility index (Phi) is 4.76. The van der Waals surface area contributed by atoms with Gasteiger partial charge in [0.05, 0.1) is 11.5 Å². The molecular formula is C18H23NO5.